The highest BCUT2D eigenvalue weighted by Crippen LogP contribution is 2.22. The number of hydrogen-bond acceptors (Lipinski definition) is 7. The summed E-state index contributed by atoms with van der Waals surface area (Å²) in [6.07, 6.45) is 0.278. The van der Waals surface area contributed by atoms with Crippen LogP contribution in [0.25, 0.3) is 0 Å². The van der Waals surface area contributed by atoms with Crippen LogP contribution in [-0.4, -0.2) is 44.6 Å². The third-order valence-corrected chi connectivity index (χ3v) is 6.07. The number of aryl methyl sites for hydroxylation is 1. The number of sulfonamides is 1. The molecule has 1 saturated heterocycles. The van der Waals surface area contributed by atoms with Crippen LogP contribution in [0.3, 0.4) is 0 Å². The van der Waals surface area contributed by atoms with Crippen molar-refractivity contribution in [2.24, 2.45) is 0 Å². The summed E-state index contributed by atoms with van der Waals surface area (Å²) in [4.78, 5) is 60.3. The summed E-state index contributed by atoms with van der Waals surface area (Å²) in [5, 5.41) is 2.32. The van der Waals surface area contributed by atoms with Gasteiger partial charge in [0.15, 0.2) is 0 Å². The second-order valence-electron chi connectivity index (χ2n) is 7.27. The second-order valence-corrected chi connectivity index (χ2v) is 8.96. The minimum atomic E-state index is -4.13. The van der Waals surface area contributed by atoms with E-state index in [1.165, 1.54) is 36.4 Å². The number of hydrazine groups is 1. The van der Waals surface area contributed by atoms with Crippen LogP contribution in [0.15, 0.2) is 53.4 Å². The van der Waals surface area contributed by atoms with E-state index in [1.54, 1.807) is 23.8 Å². The number of carbonyl (C=O) groups is 5. The van der Waals surface area contributed by atoms with Crippen LogP contribution in [-0.2, 0) is 24.4 Å². The molecule has 2 aromatic rings. The second kappa shape index (κ2) is 10.1. The van der Waals surface area contributed by atoms with E-state index in [2.05, 4.69) is 5.32 Å². The van der Waals surface area contributed by atoms with Gasteiger partial charge in [-0.3, -0.25) is 29.5 Å². The Hall–Kier alpha value is -4.26. The maximum Gasteiger partial charge on any atom is 0.347 e. The molecule has 3 rings (SSSR count). The molecule has 0 aromatic heterocycles. The number of rotatable bonds is 6. The zero-order chi connectivity index (χ0) is 24.9. The van der Waals surface area contributed by atoms with Gasteiger partial charge in [0.2, 0.25) is 11.8 Å². The van der Waals surface area contributed by atoms with Crippen molar-refractivity contribution in [2.75, 3.05) is 11.4 Å². The third-order valence-electron chi connectivity index (χ3n) is 4.72. The molecule has 1 aliphatic rings. The van der Waals surface area contributed by atoms with Crippen molar-refractivity contribution in [1.29, 1.82) is 0 Å². The predicted octanol–water partition coefficient (Wildman–Crippen LogP) is 0.0975. The highest BCUT2D eigenvalue weighted by Gasteiger charge is 2.30. The van der Waals surface area contributed by atoms with Crippen LogP contribution in [0, 0.1) is 6.92 Å². The standard InChI is InChI=1S/C21H21N5O7S/c1-13-2-8-16(9-3-13)34(32,33)25-21(31)24-23-17(27)12-22-20(30)14-4-6-15(7-5-14)26-18(28)10-11-19(26)29/h2-9H,10-12H2,1H3,(H,22,30)(H,23,27)(H2,24,25,31). The largest absolute Gasteiger partial charge is 0.347 e. The molecule has 0 radical (unpaired) electrons. The summed E-state index contributed by atoms with van der Waals surface area (Å²) in [7, 11) is -4.13. The number of hydrogen-bond donors (Lipinski definition) is 4. The summed E-state index contributed by atoms with van der Waals surface area (Å²) in [6.45, 7) is 1.26. The first-order chi connectivity index (χ1) is 16.1. The summed E-state index contributed by atoms with van der Waals surface area (Å²) in [5.74, 6) is -2.07. The first kappa shape index (κ1) is 24.4. The number of carbonyl (C=O) groups excluding carboxylic acids is 5. The molecule has 0 saturated carbocycles. The van der Waals surface area contributed by atoms with Gasteiger partial charge in [-0.05, 0) is 43.3 Å². The Kier molecular flexibility index (Phi) is 7.26. The molecule has 4 N–H and O–H groups in total. The summed E-state index contributed by atoms with van der Waals surface area (Å²) in [5.41, 5.74) is 5.20. The minimum absolute atomic E-state index is 0.128. The van der Waals surface area contributed by atoms with Gasteiger partial charge in [-0.25, -0.2) is 23.4 Å². The normalized spacial score (nSPS) is 13.4. The van der Waals surface area contributed by atoms with Crippen molar-refractivity contribution in [3.8, 4) is 0 Å². The van der Waals surface area contributed by atoms with E-state index in [0.717, 1.165) is 10.5 Å². The lowest BCUT2D eigenvalue weighted by atomic mass is 10.2. The highest BCUT2D eigenvalue weighted by molar-refractivity contribution is 7.90. The Morgan fingerprint density at radius 2 is 1.47 bits per heavy atom. The molecule has 6 amide bonds. The topological polar surface area (TPSA) is 171 Å². The monoisotopic (exact) mass is 487 g/mol. The first-order valence-corrected chi connectivity index (χ1v) is 11.5. The predicted molar refractivity (Wildman–Crippen MR) is 119 cm³/mol. The zero-order valence-electron chi connectivity index (χ0n) is 18.0. The lowest BCUT2D eigenvalue weighted by molar-refractivity contribution is -0.122. The van der Waals surface area contributed by atoms with Crippen molar-refractivity contribution in [3.63, 3.8) is 0 Å². The fourth-order valence-electron chi connectivity index (χ4n) is 2.98. The molecular weight excluding hydrogens is 466 g/mol. The molecule has 0 aliphatic carbocycles. The van der Waals surface area contributed by atoms with Crippen molar-refractivity contribution in [2.45, 2.75) is 24.7 Å². The first-order valence-electron chi connectivity index (χ1n) is 9.99. The van der Waals surface area contributed by atoms with Crippen LogP contribution >= 0.6 is 0 Å². The van der Waals surface area contributed by atoms with Gasteiger partial charge in [-0.1, -0.05) is 17.7 Å². The van der Waals surface area contributed by atoms with E-state index < -0.39 is 34.4 Å². The third kappa shape index (κ3) is 5.95. The molecule has 13 heteroatoms. The molecular formula is C21H21N5O7S. The Bertz CT molecular complexity index is 1230. The van der Waals surface area contributed by atoms with E-state index in [4.69, 9.17) is 0 Å². The highest BCUT2D eigenvalue weighted by atomic mass is 32.2. The maximum absolute atomic E-state index is 12.2. The van der Waals surface area contributed by atoms with Gasteiger partial charge in [-0.15, -0.1) is 0 Å². The molecule has 178 valence electrons. The van der Waals surface area contributed by atoms with Crippen molar-refractivity contribution in [3.05, 3.63) is 59.7 Å². The summed E-state index contributed by atoms with van der Waals surface area (Å²) >= 11 is 0. The molecule has 34 heavy (non-hydrogen) atoms. The van der Waals surface area contributed by atoms with Gasteiger partial charge in [-0.2, -0.15) is 0 Å². The SMILES string of the molecule is Cc1ccc(S(=O)(=O)NC(=O)NNC(=O)CNC(=O)c2ccc(N3C(=O)CCC3=O)cc2)cc1. The number of nitrogens with one attached hydrogen (secondary N) is 4. The average molecular weight is 487 g/mol. The number of benzene rings is 2. The molecule has 1 aliphatic heterocycles. The minimum Gasteiger partial charge on any atom is -0.343 e. The molecule has 1 heterocycles. The van der Waals surface area contributed by atoms with Gasteiger partial charge in [0.05, 0.1) is 17.1 Å². The molecule has 0 atom stereocenters. The molecule has 12 nitrogen and oxygen atoms in total. The fourth-order valence-corrected chi connectivity index (χ4v) is 3.89. The van der Waals surface area contributed by atoms with Crippen molar-refractivity contribution in [1.82, 2.24) is 20.9 Å². The van der Waals surface area contributed by atoms with E-state index in [0.29, 0.717) is 5.69 Å². The number of nitrogens with zero attached hydrogens (tertiary/aromatic N) is 1. The number of urea groups is 1. The summed E-state index contributed by atoms with van der Waals surface area (Å²) in [6, 6.07) is 10.3. The van der Waals surface area contributed by atoms with E-state index in [9.17, 15) is 32.4 Å². The Balaban J connectivity index is 1.45. The van der Waals surface area contributed by atoms with Crippen LogP contribution < -0.4 is 25.8 Å². The van der Waals surface area contributed by atoms with E-state index in [1.807, 2.05) is 10.9 Å². The Morgan fingerprint density at radius 3 is 2.06 bits per heavy atom. The van der Waals surface area contributed by atoms with Gasteiger partial charge in [0.25, 0.3) is 21.8 Å². The summed E-state index contributed by atoms with van der Waals surface area (Å²) < 4.78 is 26.0. The Labute approximate surface area is 194 Å². The molecule has 1 fully saturated rings. The van der Waals surface area contributed by atoms with Crippen LogP contribution in [0.1, 0.15) is 28.8 Å². The Morgan fingerprint density at radius 1 is 0.882 bits per heavy atom. The lowest BCUT2D eigenvalue weighted by Crippen LogP contribution is -2.51. The zero-order valence-corrected chi connectivity index (χ0v) is 18.8. The van der Waals surface area contributed by atoms with Crippen molar-refractivity contribution >= 4 is 45.4 Å². The van der Waals surface area contributed by atoms with E-state index >= 15 is 0 Å². The van der Waals surface area contributed by atoms with E-state index in [-0.39, 0.29) is 35.1 Å². The molecule has 0 bridgehead atoms. The van der Waals surface area contributed by atoms with Crippen molar-refractivity contribution < 1.29 is 32.4 Å². The van der Waals surface area contributed by atoms with Crippen LogP contribution in [0.4, 0.5) is 10.5 Å². The molecule has 0 unspecified atom stereocenters. The number of imide groups is 1. The van der Waals surface area contributed by atoms with Crippen LogP contribution in [0.5, 0.6) is 0 Å². The number of amides is 6. The maximum atomic E-state index is 12.2. The van der Waals surface area contributed by atoms with Crippen LogP contribution in [0.2, 0.25) is 0 Å². The van der Waals surface area contributed by atoms with Gasteiger partial charge >= 0.3 is 6.03 Å². The van der Waals surface area contributed by atoms with Gasteiger partial charge in [0.1, 0.15) is 0 Å². The average Bonchev–Trinajstić information content (AvgIpc) is 3.14. The van der Waals surface area contributed by atoms with Gasteiger partial charge in [0, 0.05) is 18.4 Å². The quantitative estimate of drug-likeness (QED) is 0.330. The number of anilines is 1. The lowest BCUT2D eigenvalue weighted by Gasteiger charge is -2.14. The molecule has 2 aromatic carbocycles. The van der Waals surface area contributed by atoms with Gasteiger partial charge < -0.3 is 5.32 Å². The molecule has 0 spiro atoms. The fraction of sp³-hybridized carbons (Fsp3) is 0.190. The smallest absolute Gasteiger partial charge is 0.343 e.